The summed E-state index contributed by atoms with van der Waals surface area (Å²) in [6.45, 7) is 4.52. The smallest absolute Gasteiger partial charge is 0.270 e. The van der Waals surface area contributed by atoms with Gasteiger partial charge in [-0.15, -0.1) is 0 Å². The van der Waals surface area contributed by atoms with E-state index in [1.165, 1.54) is 6.92 Å². The zero-order valence-electron chi connectivity index (χ0n) is 17.5. The molecule has 164 valence electrons. The van der Waals surface area contributed by atoms with E-state index >= 15 is 0 Å². The van der Waals surface area contributed by atoms with Gasteiger partial charge in [-0.25, -0.2) is 9.67 Å². The number of hydrogen-bond donors (Lipinski definition) is 2. The van der Waals surface area contributed by atoms with Crippen LogP contribution in [0.15, 0.2) is 43.1 Å². The molecular formula is C21H21ClN8O2. The van der Waals surface area contributed by atoms with Gasteiger partial charge in [0, 0.05) is 38.6 Å². The van der Waals surface area contributed by atoms with Crippen molar-refractivity contribution < 1.29 is 9.59 Å². The zero-order valence-corrected chi connectivity index (χ0v) is 18.3. The van der Waals surface area contributed by atoms with Crippen LogP contribution in [0.2, 0.25) is 5.02 Å². The average Bonchev–Trinajstić information content (AvgIpc) is 3.36. The Hall–Kier alpha value is -3.79. The lowest BCUT2D eigenvalue weighted by molar-refractivity contribution is -0.118. The Bertz CT molecular complexity index is 1300. The minimum Gasteiger partial charge on any atom is -0.355 e. The highest BCUT2D eigenvalue weighted by Crippen LogP contribution is 2.18. The fraction of sp³-hybridized carbons (Fsp3) is 0.238. The number of amides is 2. The topological polar surface area (TPSA) is 120 Å². The number of hydrogen-bond acceptors (Lipinski definition) is 6. The molecule has 4 heterocycles. The molecule has 0 aliphatic heterocycles. The van der Waals surface area contributed by atoms with Crippen molar-refractivity contribution in [3.63, 3.8) is 0 Å². The Morgan fingerprint density at radius 3 is 2.66 bits per heavy atom. The Morgan fingerprint density at radius 1 is 1.12 bits per heavy atom. The van der Waals surface area contributed by atoms with Crippen molar-refractivity contribution in [2.24, 2.45) is 0 Å². The number of aromatic nitrogens is 6. The predicted molar refractivity (Wildman–Crippen MR) is 119 cm³/mol. The molecule has 0 aromatic carbocycles. The second-order valence-corrected chi connectivity index (χ2v) is 7.68. The molecule has 0 atom stereocenters. The highest BCUT2D eigenvalue weighted by Gasteiger charge is 2.15. The molecule has 0 radical (unpaired) electrons. The van der Waals surface area contributed by atoms with Gasteiger partial charge in [-0.05, 0) is 30.2 Å². The second kappa shape index (κ2) is 9.15. The number of aryl methyl sites for hydroxylation is 1. The van der Waals surface area contributed by atoms with Crippen LogP contribution in [0.5, 0.6) is 0 Å². The van der Waals surface area contributed by atoms with Crippen LogP contribution < -0.4 is 10.6 Å². The quantitative estimate of drug-likeness (QED) is 0.413. The van der Waals surface area contributed by atoms with E-state index in [1.54, 1.807) is 46.4 Å². The summed E-state index contributed by atoms with van der Waals surface area (Å²) in [7, 11) is 0. The molecule has 0 bridgehead atoms. The maximum absolute atomic E-state index is 12.5. The number of rotatable bonds is 7. The molecule has 0 fully saturated rings. The largest absolute Gasteiger partial charge is 0.355 e. The van der Waals surface area contributed by atoms with Crippen LogP contribution in [0.1, 0.15) is 28.5 Å². The van der Waals surface area contributed by atoms with Gasteiger partial charge < -0.3 is 10.6 Å². The summed E-state index contributed by atoms with van der Waals surface area (Å²) >= 11 is 5.95. The third-order valence-corrected chi connectivity index (χ3v) is 4.90. The van der Waals surface area contributed by atoms with Gasteiger partial charge >= 0.3 is 0 Å². The van der Waals surface area contributed by atoms with Crippen molar-refractivity contribution in [3.8, 4) is 5.82 Å². The predicted octanol–water partition coefficient (Wildman–Crippen LogP) is 1.89. The maximum atomic E-state index is 12.5. The minimum atomic E-state index is -0.319. The molecule has 2 amide bonds. The lowest BCUT2D eigenvalue weighted by Crippen LogP contribution is -2.34. The summed E-state index contributed by atoms with van der Waals surface area (Å²) < 4.78 is 3.38. The van der Waals surface area contributed by atoms with Crippen LogP contribution in [0.25, 0.3) is 16.7 Å². The van der Waals surface area contributed by atoms with Crippen molar-refractivity contribution in [1.29, 1.82) is 0 Å². The monoisotopic (exact) mass is 452 g/mol. The van der Waals surface area contributed by atoms with Crippen LogP contribution >= 0.6 is 11.6 Å². The molecule has 4 rings (SSSR count). The molecule has 32 heavy (non-hydrogen) atoms. The molecule has 4 aromatic heterocycles. The van der Waals surface area contributed by atoms with Crippen LogP contribution in [0.4, 0.5) is 0 Å². The Morgan fingerprint density at radius 2 is 1.94 bits per heavy atom. The lowest BCUT2D eigenvalue weighted by Gasteiger charge is -2.07. The first-order valence-electron chi connectivity index (χ1n) is 9.91. The number of nitrogens with zero attached hydrogens (tertiary/aromatic N) is 6. The second-order valence-electron chi connectivity index (χ2n) is 7.25. The number of halogens is 1. The summed E-state index contributed by atoms with van der Waals surface area (Å²) in [5, 5.41) is 15.3. The molecule has 0 aliphatic rings. The van der Waals surface area contributed by atoms with Crippen LogP contribution in [-0.4, -0.2) is 54.4 Å². The van der Waals surface area contributed by atoms with E-state index in [2.05, 4.69) is 30.8 Å². The molecular weight excluding hydrogens is 432 g/mol. The molecule has 4 aromatic rings. The molecule has 10 nitrogen and oxygen atoms in total. The highest BCUT2D eigenvalue weighted by atomic mass is 35.5. The number of pyridine rings is 2. The Balaban J connectivity index is 1.51. The highest BCUT2D eigenvalue weighted by molar-refractivity contribution is 6.30. The molecule has 11 heteroatoms. The first kappa shape index (κ1) is 21.4. The van der Waals surface area contributed by atoms with Crippen molar-refractivity contribution in [1.82, 2.24) is 40.2 Å². The molecule has 0 aliphatic carbocycles. The number of carbonyl (C=O) groups excluding carboxylic acids is 2. The minimum absolute atomic E-state index is 0.146. The number of carbonyl (C=O) groups is 2. The first-order valence-corrected chi connectivity index (χ1v) is 10.3. The average molecular weight is 453 g/mol. The fourth-order valence-electron chi connectivity index (χ4n) is 3.31. The van der Waals surface area contributed by atoms with Gasteiger partial charge in [0.15, 0.2) is 5.82 Å². The van der Waals surface area contributed by atoms with Crippen LogP contribution in [-0.2, 0) is 11.3 Å². The van der Waals surface area contributed by atoms with Crippen LogP contribution in [0.3, 0.4) is 0 Å². The lowest BCUT2D eigenvalue weighted by atomic mass is 10.2. The van der Waals surface area contributed by atoms with Gasteiger partial charge in [-0.1, -0.05) is 11.6 Å². The summed E-state index contributed by atoms with van der Waals surface area (Å²) in [6.07, 6.45) is 8.37. The molecule has 0 saturated carbocycles. The van der Waals surface area contributed by atoms with E-state index < -0.39 is 0 Å². The summed E-state index contributed by atoms with van der Waals surface area (Å²) in [4.78, 5) is 32.2. The Labute approximate surface area is 188 Å². The van der Waals surface area contributed by atoms with Gasteiger partial charge in [0.25, 0.3) is 5.91 Å². The van der Waals surface area contributed by atoms with Gasteiger partial charge in [-0.2, -0.15) is 10.2 Å². The fourth-order valence-corrected chi connectivity index (χ4v) is 3.45. The molecule has 2 N–H and O–H groups in total. The van der Waals surface area contributed by atoms with Crippen molar-refractivity contribution in [2.75, 3.05) is 13.1 Å². The summed E-state index contributed by atoms with van der Waals surface area (Å²) in [5.74, 6) is 0.237. The van der Waals surface area contributed by atoms with Gasteiger partial charge in [0.2, 0.25) is 5.91 Å². The maximum Gasteiger partial charge on any atom is 0.270 e. The standard InChI is InChI=1S/C21H21ClN8O2/c1-13-7-15(8-26-20(13)30-11-16(22)9-27-30)10-29-12-17-18(28-29)3-4-24-19(17)21(32)25-6-5-23-14(2)31/h3-4,7-9,11-12H,5-6,10H2,1-2H3,(H,23,31)(H,25,32). The Kier molecular flexibility index (Phi) is 6.13. The molecule has 0 saturated heterocycles. The van der Waals surface area contributed by atoms with E-state index in [0.717, 1.165) is 11.1 Å². The third-order valence-electron chi connectivity index (χ3n) is 4.70. The van der Waals surface area contributed by atoms with Gasteiger partial charge in [-0.3, -0.25) is 19.3 Å². The number of nitrogens with one attached hydrogen (secondary N) is 2. The van der Waals surface area contributed by atoms with Crippen molar-refractivity contribution >= 4 is 34.3 Å². The summed E-state index contributed by atoms with van der Waals surface area (Å²) in [6, 6.07) is 3.77. The SMILES string of the molecule is CC(=O)NCCNC(=O)c1nccc2nn(Cc3cnc(-n4cc(Cl)cn4)c(C)c3)cc12. The zero-order chi connectivity index (χ0) is 22.7. The van der Waals surface area contributed by atoms with Crippen LogP contribution in [0, 0.1) is 6.92 Å². The molecule has 0 spiro atoms. The molecule has 0 unspecified atom stereocenters. The van der Waals surface area contributed by atoms with E-state index in [4.69, 9.17) is 11.6 Å². The van der Waals surface area contributed by atoms with Crippen molar-refractivity contribution in [3.05, 3.63) is 65.0 Å². The normalized spacial score (nSPS) is 11.0. The first-order chi connectivity index (χ1) is 15.4. The third kappa shape index (κ3) is 4.75. The van der Waals surface area contributed by atoms with E-state index in [-0.39, 0.29) is 17.5 Å². The van der Waals surface area contributed by atoms with Gasteiger partial charge in [0.1, 0.15) is 5.69 Å². The number of fused-ring (bicyclic) bond motifs is 1. The summed E-state index contributed by atoms with van der Waals surface area (Å²) in [5.41, 5.74) is 2.85. The van der Waals surface area contributed by atoms with E-state index in [0.29, 0.717) is 41.4 Å². The van der Waals surface area contributed by atoms with E-state index in [1.807, 2.05) is 13.0 Å². The van der Waals surface area contributed by atoms with E-state index in [9.17, 15) is 9.59 Å². The van der Waals surface area contributed by atoms with Gasteiger partial charge in [0.05, 0.1) is 34.9 Å². The van der Waals surface area contributed by atoms with Crippen molar-refractivity contribution in [2.45, 2.75) is 20.4 Å².